The highest BCUT2D eigenvalue weighted by atomic mass is 35.5. The standard InChI is InChI=1S/C18H26N2OS.ClH/c1-18(19)10-5-4-8-15(18)17(21)20-12-16-14-7-3-2-6-13(14)9-11-22-16;/h2-3,6-7,15-16H,4-5,8-12,19H2,1H3,(H,20,21);1H. The molecule has 5 heteroatoms. The molecular weight excluding hydrogens is 328 g/mol. The molecule has 3 unspecified atom stereocenters. The number of aryl methyl sites for hydroxylation is 1. The highest BCUT2D eigenvalue weighted by Crippen LogP contribution is 2.36. The quantitative estimate of drug-likeness (QED) is 0.873. The average Bonchev–Trinajstić information content (AvgIpc) is 2.52. The first kappa shape index (κ1) is 18.6. The summed E-state index contributed by atoms with van der Waals surface area (Å²) in [4.78, 5) is 12.6. The Labute approximate surface area is 149 Å². The van der Waals surface area contributed by atoms with Crippen LogP contribution in [0.25, 0.3) is 0 Å². The summed E-state index contributed by atoms with van der Waals surface area (Å²) in [5.74, 6) is 1.24. The van der Waals surface area contributed by atoms with Crippen molar-refractivity contribution in [2.45, 2.75) is 49.8 Å². The zero-order valence-corrected chi connectivity index (χ0v) is 15.3. The van der Waals surface area contributed by atoms with Gasteiger partial charge in [-0.3, -0.25) is 4.79 Å². The van der Waals surface area contributed by atoms with Crippen molar-refractivity contribution in [3.05, 3.63) is 35.4 Å². The Balaban J connectivity index is 0.00000192. The van der Waals surface area contributed by atoms with Gasteiger partial charge in [0.15, 0.2) is 0 Å². The Morgan fingerprint density at radius 1 is 1.39 bits per heavy atom. The Morgan fingerprint density at radius 2 is 2.17 bits per heavy atom. The van der Waals surface area contributed by atoms with Crippen molar-refractivity contribution in [2.24, 2.45) is 11.7 Å². The summed E-state index contributed by atoms with van der Waals surface area (Å²) in [6.45, 7) is 2.74. The Hall–Kier alpha value is -0.710. The maximum Gasteiger partial charge on any atom is 0.225 e. The Bertz CT molecular complexity index is 550. The van der Waals surface area contributed by atoms with Crippen LogP contribution in [0.3, 0.4) is 0 Å². The highest BCUT2D eigenvalue weighted by molar-refractivity contribution is 7.99. The van der Waals surface area contributed by atoms with Gasteiger partial charge in [-0.25, -0.2) is 0 Å². The minimum atomic E-state index is -0.347. The average molecular weight is 355 g/mol. The molecule has 1 fully saturated rings. The number of thioether (sulfide) groups is 1. The molecule has 0 spiro atoms. The van der Waals surface area contributed by atoms with Crippen LogP contribution < -0.4 is 11.1 Å². The maximum absolute atomic E-state index is 12.6. The molecule has 3 nitrogen and oxygen atoms in total. The summed E-state index contributed by atoms with van der Waals surface area (Å²) in [6.07, 6.45) is 5.27. The molecule has 1 saturated carbocycles. The van der Waals surface area contributed by atoms with E-state index in [9.17, 15) is 4.79 Å². The van der Waals surface area contributed by atoms with Crippen LogP contribution in [0.4, 0.5) is 0 Å². The highest BCUT2D eigenvalue weighted by Gasteiger charge is 2.37. The van der Waals surface area contributed by atoms with Gasteiger partial charge >= 0.3 is 0 Å². The van der Waals surface area contributed by atoms with E-state index in [1.807, 2.05) is 18.7 Å². The van der Waals surface area contributed by atoms with Gasteiger partial charge in [-0.1, -0.05) is 37.1 Å². The molecule has 1 amide bonds. The number of amides is 1. The summed E-state index contributed by atoms with van der Waals surface area (Å²) in [7, 11) is 0. The molecule has 1 aliphatic heterocycles. The van der Waals surface area contributed by atoms with E-state index in [-0.39, 0.29) is 29.8 Å². The molecule has 0 bridgehead atoms. The second-order valence-electron chi connectivity index (χ2n) is 6.86. The normalized spacial score (nSPS) is 30.0. The molecule has 1 aromatic rings. The van der Waals surface area contributed by atoms with Crippen molar-refractivity contribution in [1.82, 2.24) is 5.32 Å². The number of halogens is 1. The topological polar surface area (TPSA) is 55.1 Å². The van der Waals surface area contributed by atoms with Crippen LogP contribution in [0, 0.1) is 5.92 Å². The van der Waals surface area contributed by atoms with Gasteiger partial charge in [0.05, 0.1) is 5.92 Å². The molecule has 2 aliphatic rings. The lowest BCUT2D eigenvalue weighted by Gasteiger charge is -2.37. The van der Waals surface area contributed by atoms with Gasteiger partial charge in [0.2, 0.25) is 5.91 Å². The lowest BCUT2D eigenvalue weighted by Crippen LogP contribution is -2.53. The van der Waals surface area contributed by atoms with Crippen molar-refractivity contribution in [2.75, 3.05) is 12.3 Å². The molecule has 3 rings (SSSR count). The van der Waals surface area contributed by atoms with E-state index in [2.05, 4.69) is 29.6 Å². The third-order valence-electron chi connectivity index (χ3n) is 5.12. The van der Waals surface area contributed by atoms with Crippen LogP contribution >= 0.6 is 24.2 Å². The summed E-state index contributed by atoms with van der Waals surface area (Å²) >= 11 is 1.95. The van der Waals surface area contributed by atoms with Gasteiger partial charge in [-0.2, -0.15) is 11.8 Å². The van der Waals surface area contributed by atoms with Crippen molar-refractivity contribution < 1.29 is 4.79 Å². The molecule has 1 aromatic carbocycles. The number of nitrogens with two attached hydrogens (primary N) is 1. The minimum Gasteiger partial charge on any atom is -0.354 e. The van der Waals surface area contributed by atoms with E-state index in [1.165, 1.54) is 11.1 Å². The van der Waals surface area contributed by atoms with Crippen molar-refractivity contribution in [3.63, 3.8) is 0 Å². The number of fused-ring (bicyclic) bond motifs is 1. The molecule has 1 heterocycles. The number of nitrogens with one attached hydrogen (secondary N) is 1. The largest absolute Gasteiger partial charge is 0.354 e. The van der Waals surface area contributed by atoms with Crippen molar-refractivity contribution in [3.8, 4) is 0 Å². The molecule has 0 saturated heterocycles. The van der Waals surface area contributed by atoms with Crippen molar-refractivity contribution >= 4 is 30.1 Å². The molecular formula is C18H27ClN2OS. The fourth-order valence-electron chi connectivity index (χ4n) is 3.75. The summed E-state index contributed by atoms with van der Waals surface area (Å²) < 4.78 is 0. The number of carbonyl (C=O) groups excluding carboxylic acids is 1. The Kier molecular flexibility index (Phi) is 6.40. The van der Waals surface area contributed by atoms with E-state index in [0.29, 0.717) is 11.8 Å². The zero-order valence-electron chi connectivity index (χ0n) is 13.7. The molecule has 0 aromatic heterocycles. The molecule has 1 aliphatic carbocycles. The minimum absolute atomic E-state index is 0. The van der Waals surface area contributed by atoms with Gasteiger partial charge < -0.3 is 11.1 Å². The van der Waals surface area contributed by atoms with Crippen LogP contribution in [0.5, 0.6) is 0 Å². The van der Waals surface area contributed by atoms with E-state index in [0.717, 1.165) is 37.9 Å². The van der Waals surface area contributed by atoms with Gasteiger partial charge in [0.25, 0.3) is 0 Å². The number of hydrogen-bond donors (Lipinski definition) is 2. The maximum atomic E-state index is 12.6. The van der Waals surface area contributed by atoms with Gasteiger partial charge in [0, 0.05) is 17.3 Å². The Morgan fingerprint density at radius 3 is 2.96 bits per heavy atom. The molecule has 0 radical (unpaired) electrons. The number of hydrogen-bond acceptors (Lipinski definition) is 3. The smallest absolute Gasteiger partial charge is 0.225 e. The summed E-state index contributed by atoms with van der Waals surface area (Å²) in [6, 6.07) is 8.61. The molecule has 128 valence electrons. The lowest BCUT2D eigenvalue weighted by molar-refractivity contribution is -0.128. The fourth-order valence-corrected chi connectivity index (χ4v) is 4.98. The third-order valence-corrected chi connectivity index (χ3v) is 6.39. The second-order valence-corrected chi connectivity index (χ2v) is 8.17. The SMILES string of the molecule is CC1(N)CCCCC1C(=O)NCC1SCCc2ccccc21.Cl. The predicted octanol–water partition coefficient (Wildman–Crippen LogP) is 3.46. The van der Waals surface area contributed by atoms with Crippen LogP contribution in [0.1, 0.15) is 49.0 Å². The third kappa shape index (κ3) is 4.23. The van der Waals surface area contributed by atoms with E-state index < -0.39 is 0 Å². The van der Waals surface area contributed by atoms with Crippen LogP contribution in [-0.2, 0) is 11.2 Å². The molecule has 23 heavy (non-hydrogen) atoms. The number of rotatable bonds is 3. The van der Waals surface area contributed by atoms with E-state index in [4.69, 9.17) is 5.73 Å². The summed E-state index contributed by atoms with van der Waals surface area (Å²) in [5.41, 5.74) is 8.81. The number of carbonyl (C=O) groups is 1. The van der Waals surface area contributed by atoms with E-state index >= 15 is 0 Å². The molecule has 3 atom stereocenters. The number of benzene rings is 1. The monoisotopic (exact) mass is 354 g/mol. The van der Waals surface area contributed by atoms with Crippen LogP contribution in [0.15, 0.2) is 24.3 Å². The first-order chi connectivity index (χ1) is 10.6. The van der Waals surface area contributed by atoms with Crippen LogP contribution in [-0.4, -0.2) is 23.7 Å². The van der Waals surface area contributed by atoms with Crippen LogP contribution in [0.2, 0.25) is 0 Å². The first-order valence-electron chi connectivity index (χ1n) is 8.34. The van der Waals surface area contributed by atoms with E-state index in [1.54, 1.807) is 0 Å². The molecule has 3 N–H and O–H groups in total. The fraction of sp³-hybridized carbons (Fsp3) is 0.611. The van der Waals surface area contributed by atoms with Gasteiger partial charge in [-0.05, 0) is 43.1 Å². The predicted molar refractivity (Wildman–Crippen MR) is 100 cm³/mol. The van der Waals surface area contributed by atoms with Gasteiger partial charge in [-0.15, -0.1) is 12.4 Å². The van der Waals surface area contributed by atoms with Crippen molar-refractivity contribution in [1.29, 1.82) is 0 Å². The zero-order chi connectivity index (χ0) is 15.6. The second kappa shape index (κ2) is 7.91. The lowest BCUT2D eigenvalue weighted by atomic mass is 9.74. The first-order valence-corrected chi connectivity index (χ1v) is 9.39. The summed E-state index contributed by atoms with van der Waals surface area (Å²) in [5, 5.41) is 3.56. The van der Waals surface area contributed by atoms with Gasteiger partial charge in [0.1, 0.15) is 0 Å².